The molecule has 2 atom stereocenters. The molecule has 11 heteroatoms. The Labute approximate surface area is 238 Å². The minimum atomic E-state index is -1.17. The van der Waals surface area contributed by atoms with Gasteiger partial charge < -0.3 is 30.3 Å². The Bertz CT molecular complexity index is 1320. The quantitative estimate of drug-likeness (QED) is 0.397. The zero-order chi connectivity index (χ0) is 29.7. The zero-order valence-electron chi connectivity index (χ0n) is 23.5. The Morgan fingerprint density at radius 1 is 1.07 bits per heavy atom. The summed E-state index contributed by atoms with van der Waals surface area (Å²) >= 11 is 0. The summed E-state index contributed by atoms with van der Waals surface area (Å²) in [6, 6.07) is 13.7. The van der Waals surface area contributed by atoms with Crippen molar-refractivity contribution >= 4 is 35.3 Å². The van der Waals surface area contributed by atoms with Crippen molar-refractivity contribution in [2.75, 3.05) is 11.9 Å². The molecule has 3 N–H and O–H groups in total. The van der Waals surface area contributed by atoms with Gasteiger partial charge in [-0.2, -0.15) is 0 Å². The van der Waals surface area contributed by atoms with Crippen molar-refractivity contribution in [3.63, 3.8) is 0 Å². The molecule has 2 aliphatic heterocycles. The number of ether oxygens (including phenoxy) is 1. The number of nitrogens with one attached hydrogen (secondary N) is 2. The van der Waals surface area contributed by atoms with Crippen LogP contribution in [0.4, 0.5) is 5.69 Å². The van der Waals surface area contributed by atoms with E-state index in [9.17, 15) is 29.1 Å². The summed E-state index contributed by atoms with van der Waals surface area (Å²) < 4.78 is 5.40. The van der Waals surface area contributed by atoms with Crippen molar-refractivity contribution in [3.8, 4) is 0 Å². The summed E-state index contributed by atoms with van der Waals surface area (Å²) in [5.74, 6) is -1.88. The van der Waals surface area contributed by atoms with Crippen LogP contribution in [-0.2, 0) is 37.0 Å². The maximum Gasteiger partial charge on any atom is 0.326 e. The Balaban J connectivity index is 1.39. The number of benzene rings is 2. The zero-order valence-corrected chi connectivity index (χ0v) is 23.5. The Kier molecular flexibility index (Phi) is 9.07. The Hall–Kier alpha value is -4.25. The van der Waals surface area contributed by atoms with Crippen LogP contribution in [0.1, 0.15) is 67.9 Å². The van der Waals surface area contributed by atoms with E-state index in [1.165, 1.54) is 9.80 Å². The predicted octanol–water partition coefficient (Wildman–Crippen LogP) is 2.33. The summed E-state index contributed by atoms with van der Waals surface area (Å²) in [4.78, 5) is 66.1. The fourth-order valence-electron chi connectivity index (χ4n) is 4.99. The summed E-state index contributed by atoms with van der Waals surface area (Å²) in [6.45, 7) is 5.37. The van der Waals surface area contributed by atoms with E-state index in [4.69, 9.17) is 4.74 Å². The molecule has 2 aromatic rings. The molecular formula is C30H36N4O7. The second-order valence-corrected chi connectivity index (χ2v) is 11.3. The number of anilines is 1. The van der Waals surface area contributed by atoms with Gasteiger partial charge >= 0.3 is 5.97 Å². The number of fused-ring (bicyclic) bond motifs is 1. The van der Waals surface area contributed by atoms with Gasteiger partial charge in [0.25, 0.3) is 5.91 Å². The van der Waals surface area contributed by atoms with Crippen molar-refractivity contribution in [1.82, 2.24) is 15.1 Å². The third-order valence-electron chi connectivity index (χ3n) is 6.89. The van der Waals surface area contributed by atoms with Crippen LogP contribution in [0.5, 0.6) is 0 Å². The average molecular weight is 565 g/mol. The van der Waals surface area contributed by atoms with Gasteiger partial charge in [-0.3, -0.25) is 24.0 Å². The standard InChI is InChI=1S/C30H36N4O7/c1-30(2,3)41-27(38)18-33(16-19-8-5-4-6-9-19)26(37)15-14-24(35)31-22-11-7-10-20-21(22)17-34(29(20)40)23-12-13-25(36)32-28(23)39/h4-11,23,28,39H,12-18H2,1-3H3,(H,31,35)(H,32,36). The van der Waals surface area contributed by atoms with Crippen LogP contribution >= 0.6 is 0 Å². The molecule has 11 nitrogen and oxygen atoms in total. The molecule has 0 spiro atoms. The van der Waals surface area contributed by atoms with E-state index in [1.807, 2.05) is 30.3 Å². The number of carbonyl (C=O) groups is 5. The van der Waals surface area contributed by atoms with E-state index >= 15 is 0 Å². The number of aliphatic hydroxyl groups excluding tert-OH is 1. The molecule has 1 saturated heterocycles. The van der Waals surface area contributed by atoms with Crippen molar-refractivity contribution in [1.29, 1.82) is 0 Å². The van der Waals surface area contributed by atoms with Crippen LogP contribution in [0.2, 0.25) is 0 Å². The molecule has 0 saturated carbocycles. The third-order valence-corrected chi connectivity index (χ3v) is 6.89. The minimum Gasteiger partial charge on any atom is -0.459 e. The van der Waals surface area contributed by atoms with Crippen molar-refractivity contribution in [3.05, 3.63) is 65.2 Å². The van der Waals surface area contributed by atoms with Crippen LogP contribution in [-0.4, -0.2) is 68.9 Å². The van der Waals surface area contributed by atoms with Gasteiger partial charge in [-0.05, 0) is 44.9 Å². The van der Waals surface area contributed by atoms with E-state index in [0.717, 1.165) is 5.56 Å². The molecular weight excluding hydrogens is 528 g/mol. The first kappa shape index (κ1) is 29.7. The van der Waals surface area contributed by atoms with Gasteiger partial charge in [-0.1, -0.05) is 36.4 Å². The molecule has 2 aliphatic rings. The first-order chi connectivity index (χ1) is 19.4. The molecule has 4 rings (SSSR count). The van der Waals surface area contributed by atoms with Gasteiger partial charge in [0, 0.05) is 49.2 Å². The van der Waals surface area contributed by atoms with E-state index in [-0.39, 0.29) is 56.6 Å². The van der Waals surface area contributed by atoms with Gasteiger partial charge in [-0.15, -0.1) is 0 Å². The molecule has 0 radical (unpaired) electrons. The fraction of sp³-hybridized carbons (Fsp3) is 0.433. The number of esters is 1. The number of carbonyl (C=O) groups excluding carboxylic acids is 5. The first-order valence-electron chi connectivity index (χ1n) is 13.6. The number of piperidine rings is 1. The molecule has 2 heterocycles. The number of rotatable bonds is 9. The SMILES string of the molecule is CC(C)(C)OC(=O)CN(Cc1ccccc1)C(=O)CCC(=O)Nc1cccc2c1CN(C1CCC(=O)NC1O)C2=O. The van der Waals surface area contributed by atoms with E-state index in [2.05, 4.69) is 10.6 Å². The largest absolute Gasteiger partial charge is 0.459 e. The summed E-state index contributed by atoms with van der Waals surface area (Å²) in [6.07, 6.45) is -0.894. The summed E-state index contributed by atoms with van der Waals surface area (Å²) in [5.41, 5.74) is 1.60. The van der Waals surface area contributed by atoms with Crippen LogP contribution in [0.3, 0.4) is 0 Å². The summed E-state index contributed by atoms with van der Waals surface area (Å²) in [7, 11) is 0. The monoisotopic (exact) mass is 564 g/mol. The number of hydrogen-bond donors (Lipinski definition) is 3. The smallest absolute Gasteiger partial charge is 0.326 e. The number of hydrogen-bond acceptors (Lipinski definition) is 7. The Morgan fingerprint density at radius 2 is 1.80 bits per heavy atom. The summed E-state index contributed by atoms with van der Waals surface area (Å²) in [5, 5.41) is 15.6. The molecule has 0 aliphatic carbocycles. The third kappa shape index (κ3) is 7.69. The molecule has 2 aromatic carbocycles. The molecule has 0 aromatic heterocycles. The Morgan fingerprint density at radius 3 is 2.49 bits per heavy atom. The molecule has 1 fully saturated rings. The van der Waals surface area contributed by atoms with Gasteiger partial charge in [0.1, 0.15) is 18.4 Å². The molecule has 218 valence electrons. The fourth-order valence-corrected chi connectivity index (χ4v) is 4.99. The molecule has 2 unspecified atom stereocenters. The molecule has 0 bridgehead atoms. The lowest BCUT2D eigenvalue weighted by Crippen LogP contribution is -2.55. The maximum absolute atomic E-state index is 13.1. The van der Waals surface area contributed by atoms with Crippen LogP contribution in [0.15, 0.2) is 48.5 Å². The highest BCUT2D eigenvalue weighted by molar-refractivity contribution is 6.02. The normalized spacial score (nSPS) is 18.4. The van der Waals surface area contributed by atoms with Crippen LogP contribution in [0, 0.1) is 0 Å². The minimum absolute atomic E-state index is 0.129. The highest BCUT2D eigenvalue weighted by Crippen LogP contribution is 2.33. The van der Waals surface area contributed by atoms with Crippen LogP contribution < -0.4 is 10.6 Å². The number of amides is 4. The van der Waals surface area contributed by atoms with Gasteiger partial charge in [-0.25, -0.2) is 0 Å². The predicted molar refractivity (Wildman–Crippen MR) is 149 cm³/mol. The van der Waals surface area contributed by atoms with E-state index in [1.54, 1.807) is 39.0 Å². The van der Waals surface area contributed by atoms with Crippen molar-refractivity contribution < 1.29 is 33.8 Å². The van der Waals surface area contributed by atoms with Gasteiger partial charge in [0.15, 0.2) is 0 Å². The van der Waals surface area contributed by atoms with Gasteiger partial charge in [0.05, 0.1) is 6.04 Å². The lowest BCUT2D eigenvalue weighted by molar-refractivity contribution is -0.159. The molecule has 41 heavy (non-hydrogen) atoms. The topological polar surface area (TPSA) is 145 Å². The first-order valence-corrected chi connectivity index (χ1v) is 13.6. The average Bonchev–Trinajstić information content (AvgIpc) is 3.23. The second kappa shape index (κ2) is 12.5. The highest BCUT2D eigenvalue weighted by atomic mass is 16.6. The van der Waals surface area contributed by atoms with Crippen molar-refractivity contribution in [2.24, 2.45) is 0 Å². The van der Waals surface area contributed by atoms with Crippen LogP contribution in [0.25, 0.3) is 0 Å². The van der Waals surface area contributed by atoms with Gasteiger partial charge in [0.2, 0.25) is 17.7 Å². The van der Waals surface area contributed by atoms with E-state index < -0.39 is 29.7 Å². The number of nitrogens with zero attached hydrogens (tertiary/aromatic N) is 2. The lowest BCUT2D eigenvalue weighted by atomic mass is 10.0. The van der Waals surface area contributed by atoms with E-state index in [0.29, 0.717) is 23.2 Å². The lowest BCUT2D eigenvalue weighted by Gasteiger charge is -2.35. The maximum atomic E-state index is 13.1. The number of aliphatic hydroxyl groups is 1. The van der Waals surface area contributed by atoms with Crippen molar-refractivity contribution in [2.45, 2.75) is 77.4 Å². The highest BCUT2D eigenvalue weighted by Gasteiger charge is 2.39. The second-order valence-electron chi connectivity index (χ2n) is 11.3. The molecule has 4 amide bonds.